The number of cyclic esters (lactones) is 1. The summed E-state index contributed by atoms with van der Waals surface area (Å²) < 4.78 is 9.51. The quantitative estimate of drug-likeness (QED) is 0.629. The number of nitrogens with two attached hydrogens (primary N) is 1. The van der Waals surface area contributed by atoms with Gasteiger partial charge in [-0.05, 0) is 0 Å². The van der Waals surface area contributed by atoms with E-state index in [0.29, 0.717) is 19.8 Å². The molecule has 1 aliphatic rings. The Bertz CT molecular complexity index is 196. The highest BCUT2D eigenvalue weighted by atomic mass is 35.5. The van der Waals surface area contributed by atoms with Crippen LogP contribution in [0.5, 0.6) is 0 Å². The highest BCUT2D eigenvalue weighted by molar-refractivity contribution is 5.97. The maximum absolute atomic E-state index is 10.9. The normalized spacial score (nSPS) is 15.4. The molecule has 0 saturated carbocycles. The molecule has 0 aromatic heterocycles. The summed E-state index contributed by atoms with van der Waals surface area (Å²) in [5.74, 6) is -0.318. The lowest BCUT2D eigenvalue weighted by Crippen LogP contribution is -2.32. The van der Waals surface area contributed by atoms with Gasteiger partial charge in [-0.2, -0.15) is 0 Å². The smallest absolute Gasteiger partial charge is 0.417 e. The average Bonchev–Trinajstić information content (AvgIpc) is 2.42. The van der Waals surface area contributed by atoms with Crippen LogP contribution < -0.4 is 5.73 Å². The van der Waals surface area contributed by atoms with Crippen LogP contribution in [0.25, 0.3) is 0 Å². The minimum atomic E-state index is -0.596. The highest BCUT2D eigenvalue weighted by Crippen LogP contribution is 2.03. The molecule has 0 atom stereocenters. The zero-order valence-corrected chi connectivity index (χ0v) is 8.42. The van der Waals surface area contributed by atoms with E-state index in [1.165, 1.54) is 0 Å². The Hall–Kier alpha value is -0.850. The first kappa shape index (κ1) is 13.2. The van der Waals surface area contributed by atoms with Crippen molar-refractivity contribution in [2.45, 2.75) is 0 Å². The monoisotopic (exact) mass is 224 g/mol. The molecule has 1 aliphatic heterocycles. The van der Waals surface area contributed by atoms with Crippen molar-refractivity contribution in [1.82, 2.24) is 4.90 Å². The summed E-state index contributed by atoms with van der Waals surface area (Å²) in [7, 11) is 0. The molecule has 1 heterocycles. The lowest BCUT2D eigenvalue weighted by Gasteiger charge is -2.09. The van der Waals surface area contributed by atoms with E-state index in [1.54, 1.807) is 0 Å². The third-order valence-electron chi connectivity index (χ3n) is 1.56. The van der Waals surface area contributed by atoms with Crippen LogP contribution in [0.1, 0.15) is 0 Å². The van der Waals surface area contributed by atoms with Crippen molar-refractivity contribution in [3.63, 3.8) is 0 Å². The number of carbonyl (C=O) groups excluding carboxylic acids is 2. The van der Waals surface area contributed by atoms with Crippen molar-refractivity contribution in [2.75, 3.05) is 32.9 Å². The minimum Gasteiger partial charge on any atom is -0.439 e. The second kappa shape index (κ2) is 6.58. The van der Waals surface area contributed by atoms with E-state index >= 15 is 0 Å². The Morgan fingerprint density at radius 2 is 2.14 bits per heavy atom. The predicted octanol–water partition coefficient (Wildman–Crippen LogP) is -0.638. The van der Waals surface area contributed by atoms with Crippen LogP contribution in [0, 0.1) is 0 Å². The molecule has 7 heteroatoms. The number of amides is 2. The summed E-state index contributed by atoms with van der Waals surface area (Å²) in [5.41, 5.74) is 5.18. The summed E-state index contributed by atoms with van der Waals surface area (Å²) in [6.45, 7) is 1.24. The van der Waals surface area contributed by atoms with Crippen LogP contribution in [0.15, 0.2) is 0 Å². The van der Waals surface area contributed by atoms with Crippen molar-refractivity contribution in [3.05, 3.63) is 0 Å². The Morgan fingerprint density at radius 3 is 2.64 bits per heavy atom. The van der Waals surface area contributed by atoms with Gasteiger partial charge in [-0.25, -0.2) is 9.69 Å². The lowest BCUT2D eigenvalue weighted by atomic mass is 10.5. The number of hydrogen-bond donors (Lipinski definition) is 1. The van der Waals surface area contributed by atoms with Gasteiger partial charge in [0.25, 0.3) is 5.91 Å². The van der Waals surface area contributed by atoms with Gasteiger partial charge >= 0.3 is 6.09 Å². The first-order valence-electron chi connectivity index (χ1n) is 4.00. The Labute approximate surface area is 87.7 Å². The van der Waals surface area contributed by atoms with Gasteiger partial charge in [0.15, 0.2) is 6.61 Å². The summed E-state index contributed by atoms with van der Waals surface area (Å²) in [5, 5.41) is 0. The fourth-order valence-corrected chi connectivity index (χ4v) is 0.938. The number of rotatable bonds is 5. The molecule has 1 fully saturated rings. The zero-order valence-electron chi connectivity index (χ0n) is 7.60. The summed E-state index contributed by atoms with van der Waals surface area (Å²) in [6.07, 6.45) is -0.596. The molecule has 0 aliphatic carbocycles. The average molecular weight is 225 g/mol. The van der Waals surface area contributed by atoms with Crippen LogP contribution in [0.4, 0.5) is 4.79 Å². The largest absolute Gasteiger partial charge is 0.439 e. The number of imide groups is 1. The van der Waals surface area contributed by atoms with E-state index in [2.05, 4.69) is 4.74 Å². The summed E-state index contributed by atoms with van der Waals surface area (Å²) in [4.78, 5) is 22.8. The van der Waals surface area contributed by atoms with E-state index in [9.17, 15) is 9.59 Å². The van der Waals surface area contributed by atoms with E-state index in [-0.39, 0.29) is 31.5 Å². The third kappa shape index (κ3) is 3.49. The molecule has 0 spiro atoms. The molecule has 14 heavy (non-hydrogen) atoms. The third-order valence-corrected chi connectivity index (χ3v) is 1.56. The number of halogens is 1. The standard InChI is InChI=1S/C7H12N2O4.ClH/c8-1-3-12-4-2-9-6(10)5-13-7(9)11;/h1-5,8H2;1H. The minimum absolute atomic E-state index is 0. The molecule has 1 saturated heterocycles. The Morgan fingerprint density at radius 1 is 1.43 bits per heavy atom. The van der Waals surface area contributed by atoms with Gasteiger partial charge in [-0.3, -0.25) is 4.79 Å². The van der Waals surface area contributed by atoms with Crippen LogP contribution in [0.2, 0.25) is 0 Å². The van der Waals surface area contributed by atoms with Crippen molar-refractivity contribution >= 4 is 24.4 Å². The zero-order chi connectivity index (χ0) is 9.68. The lowest BCUT2D eigenvalue weighted by molar-refractivity contribution is -0.126. The summed E-state index contributed by atoms with van der Waals surface area (Å²) >= 11 is 0. The van der Waals surface area contributed by atoms with Gasteiger partial charge in [-0.1, -0.05) is 0 Å². The molecule has 0 radical (unpaired) electrons. The molecule has 6 nitrogen and oxygen atoms in total. The van der Waals surface area contributed by atoms with Gasteiger partial charge < -0.3 is 15.2 Å². The fraction of sp³-hybridized carbons (Fsp3) is 0.714. The number of hydrogen-bond acceptors (Lipinski definition) is 5. The molecular weight excluding hydrogens is 212 g/mol. The molecule has 0 unspecified atom stereocenters. The van der Waals surface area contributed by atoms with E-state index in [1.807, 2.05) is 0 Å². The number of ether oxygens (including phenoxy) is 2. The van der Waals surface area contributed by atoms with E-state index in [0.717, 1.165) is 4.90 Å². The Kier molecular flexibility index (Phi) is 6.18. The maximum Gasteiger partial charge on any atom is 0.417 e. The molecule has 82 valence electrons. The Balaban J connectivity index is 0.00000169. The van der Waals surface area contributed by atoms with Crippen molar-refractivity contribution in [3.8, 4) is 0 Å². The van der Waals surface area contributed by atoms with Gasteiger partial charge in [0, 0.05) is 6.54 Å². The number of nitrogens with zero attached hydrogens (tertiary/aromatic N) is 1. The van der Waals surface area contributed by atoms with Crippen LogP contribution >= 0.6 is 12.4 Å². The second-order valence-corrected chi connectivity index (χ2v) is 2.50. The molecule has 2 amide bonds. The van der Waals surface area contributed by atoms with Gasteiger partial charge in [0.1, 0.15) is 0 Å². The van der Waals surface area contributed by atoms with Crippen LogP contribution in [-0.2, 0) is 14.3 Å². The highest BCUT2D eigenvalue weighted by Gasteiger charge is 2.30. The topological polar surface area (TPSA) is 81.9 Å². The second-order valence-electron chi connectivity index (χ2n) is 2.50. The molecule has 0 aromatic rings. The molecule has 0 bridgehead atoms. The fourth-order valence-electron chi connectivity index (χ4n) is 0.938. The van der Waals surface area contributed by atoms with Gasteiger partial charge in [0.2, 0.25) is 0 Å². The molecule has 1 rings (SSSR count). The SMILES string of the molecule is Cl.NCCOCCN1C(=O)COC1=O. The number of carbonyl (C=O) groups is 2. The van der Waals surface area contributed by atoms with Gasteiger partial charge in [0.05, 0.1) is 19.8 Å². The first-order valence-corrected chi connectivity index (χ1v) is 4.00. The molecule has 2 N–H and O–H groups in total. The first-order chi connectivity index (χ1) is 6.25. The van der Waals surface area contributed by atoms with Crippen molar-refractivity contribution in [2.24, 2.45) is 5.73 Å². The van der Waals surface area contributed by atoms with Crippen LogP contribution in [0.3, 0.4) is 0 Å². The van der Waals surface area contributed by atoms with E-state index < -0.39 is 6.09 Å². The van der Waals surface area contributed by atoms with Crippen molar-refractivity contribution < 1.29 is 19.1 Å². The van der Waals surface area contributed by atoms with Crippen LogP contribution in [-0.4, -0.2) is 49.8 Å². The predicted molar refractivity (Wildman–Crippen MR) is 50.2 cm³/mol. The van der Waals surface area contributed by atoms with E-state index in [4.69, 9.17) is 10.5 Å². The molecule has 0 aromatic carbocycles. The molecular formula is C7H13ClN2O4. The summed E-state index contributed by atoms with van der Waals surface area (Å²) in [6, 6.07) is 0. The van der Waals surface area contributed by atoms with Crippen molar-refractivity contribution in [1.29, 1.82) is 0 Å². The van der Waals surface area contributed by atoms with Gasteiger partial charge in [-0.15, -0.1) is 12.4 Å². The maximum atomic E-state index is 10.9.